The molecule has 3 aromatic carbocycles. The lowest BCUT2D eigenvalue weighted by molar-refractivity contribution is -0.120. The first-order valence-electron chi connectivity index (χ1n) is 9.91. The van der Waals surface area contributed by atoms with Gasteiger partial charge in [0, 0.05) is 5.69 Å². The number of aryl methyl sites for hydroxylation is 1. The number of carbonyl (C=O) groups is 2. The highest BCUT2D eigenvalue weighted by molar-refractivity contribution is 6.46. The molecule has 6 heteroatoms. The van der Waals surface area contributed by atoms with Crippen LogP contribution in [0.4, 0.5) is 11.4 Å². The van der Waals surface area contributed by atoms with E-state index in [1.807, 2.05) is 42.5 Å². The van der Waals surface area contributed by atoms with Crippen LogP contribution in [0.3, 0.4) is 0 Å². The molecule has 5 nitrogen and oxygen atoms in total. The van der Waals surface area contributed by atoms with Crippen molar-refractivity contribution in [2.75, 3.05) is 17.3 Å². The van der Waals surface area contributed by atoms with E-state index in [-0.39, 0.29) is 11.6 Å². The predicted octanol–water partition coefficient (Wildman–Crippen LogP) is 5.31. The van der Waals surface area contributed by atoms with E-state index in [0.29, 0.717) is 33.3 Å². The Hall–Kier alpha value is -3.57. The van der Waals surface area contributed by atoms with Gasteiger partial charge in [-0.3, -0.25) is 9.59 Å². The number of nitrogens with zero attached hydrogens (tertiary/aromatic N) is 1. The van der Waals surface area contributed by atoms with Crippen LogP contribution in [-0.2, 0) is 16.0 Å². The van der Waals surface area contributed by atoms with Crippen molar-refractivity contribution in [3.8, 4) is 5.75 Å². The summed E-state index contributed by atoms with van der Waals surface area (Å²) in [5.74, 6) is -0.265. The van der Waals surface area contributed by atoms with E-state index >= 15 is 0 Å². The molecule has 1 heterocycles. The first kappa shape index (κ1) is 20.7. The molecule has 0 unspecified atom stereocenters. The molecule has 0 aliphatic carbocycles. The maximum atomic E-state index is 13.4. The van der Waals surface area contributed by atoms with Gasteiger partial charge in [-0.1, -0.05) is 61.0 Å². The molecule has 1 N–H and O–H groups in total. The standard InChI is InChI=1S/C25H21ClN2O3/c1-3-16-9-12-19(13-10-16)28-24(29)22(17-7-5-4-6-8-17)23(25(28)30)27-18-11-14-21(31-2)20(26)15-18/h4-15,27H,3H2,1-2H3. The third kappa shape index (κ3) is 3.92. The zero-order chi connectivity index (χ0) is 22.0. The number of amides is 2. The minimum absolute atomic E-state index is 0.206. The number of hydrogen-bond donors (Lipinski definition) is 1. The number of benzene rings is 3. The van der Waals surface area contributed by atoms with E-state index in [1.54, 1.807) is 30.3 Å². The summed E-state index contributed by atoms with van der Waals surface area (Å²) in [6, 6.07) is 21.7. The van der Waals surface area contributed by atoms with Gasteiger partial charge in [-0.15, -0.1) is 0 Å². The van der Waals surface area contributed by atoms with Crippen LogP contribution in [0.1, 0.15) is 18.1 Å². The predicted molar refractivity (Wildman–Crippen MR) is 123 cm³/mol. The Balaban J connectivity index is 1.77. The Morgan fingerprint density at radius 1 is 0.935 bits per heavy atom. The van der Waals surface area contributed by atoms with Gasteiger partial charge in [-0.2, -0.15) is 0 Å². The zero-order valence-corrected chi connectivity index (χ0v) is 17.9. The van der Waals surface area contributed by atoms with Crippen molar-refractivity contribution < 1.29 is 14.3 Å². The summed E-state index contributed by atoms with van der Waals surface area (Å²) in [5, 5.41) is 3.51. The molecular weight excluding hydrogens is 412 g/mol. The molecule has 2 amide bonds. The molecule has 0 spiro atoms. The van der Waals surface area contributed by atoms with Crippen molar-refractivity contribution in [2.24, 2.45) is 0 Å². The van der Waals surface area contributed by atoms with Gasteiger partial charge in [0.1, 0.15) is 11.4 Å². The lowest BCUT2D eigenvalue weighted by Crippen LogP contribution is -2.32. The summed E-state index contributed by atoms with van der Waals surface area (Å²) < 4.78 is 5.19. The molecule has 0 fully saturated rings. The highest BCUT2D eigenvalue weighted by atomic mass is 35.5. The number of methoxy groups -OCH3 is 1. The van der Waals surface area contributed by atoms with Crippen LogP contribution in [0.2, 0.25) is 5.02 Å². The molecule has 0 bridgehead atoms. The largest absolute Gasteiger partial charge is 0.495 e. The summed E-state index contributed by atoms with van der Waals surface area (Å²) >= 11 is 6.24. The van der Waals surface area contributed by atoms with Crippen molar-refractivity contribution in [1.82, 2.24) is 0 Å². The molecule has 31 heavy (non-hydrogen) atoms. The van der Waals surface area contributed by atoms with Crippen LogP contribution in [0.25, 0.3) is 5.57 Å². The van der Waals surface area contributed by atoms with Gasteiger partial charge in [0.25, 0.3) is 11.8 Å². The molecule has 0 saturated heterocycles. The first-order chi connectivity index (χ1) is 15.0. The molecule has 1 aliphatic heterocycles. The molecule has 0 atom stereocenters. The Bertz CT molecular complexity index is 1170. The quantitative estimate of drug-likeness (QED) is 0.536. The van der Waals surface area contributed by atoms with E-state index in [4.69, 9.17) is 16.3 Å². The Morgan fingerprint density at radius 2 is 1.65 bits per heavy atom. The number of hydrogen-bond acceptors (Lipinski definition) is 4. The number of rotatable bonds is 6. The van der Waals surface area contributed by atoms with Gasteiger partial charge in [0.05, 0.1) is 23.4 Å². The fourth-order valence-electron chi connectivity index (χ4n) is 3.52. The molecule has 156 valence electrons. The number of carbonyl (C=O) groups excluding carboxylic acids is 2. The van der Waals surface area contributed by atoms with Gasteiger partial charge in [-0.05, 0) is 47.9 Å². The minimum Gasteiger partial charge on any atom is -0.495 e. The van der Waals surface area contributed by atoms with E-state index < -0.39 is 5.91 Å². The van der Waals surface area contributed by atoms with E-state index in [9.17, 15) is 9.59 Å². The van der Waals surface area contributed by atoms with Gasteiger partial charge in [0.15, 0.2) is 0 Å². The summed E-state index contributed by atoms with van der Waals surface area (Å²) in [7, 11) is 1.53. The van der Waals surface area contributed by atoms with Crippen molar-refractivity contribution in [3.05, 3.63) is 94.6 Å². The van der Waals surface area contributed by atoms with E-state index in [1.165, 1.54) is 12.0 Å². The topological polar surface area (TPSA) is 58.6 Å². The van der Waals surface area contributed by atoms with Crippen molar-refractivity contribution in [3.63, 3.8) is 0 Å². The van der Waals surface area contributed by atoms with Crippen molar-refractivity contribution in [2.45, 2.75) is 13.3 Å². The van der Waals surface area contributed by atoms with Gasteiger partial charge in [0.2, 0.25) is 0 Å². The first-order valence-corrected chi connectivity index (χ1v) is 10.3. The summed E-state index contributed by atoms with van der Waals surface area (Å²) in [6.07, 6.45) is 0.876. The lowest BCUT2D eigenvalue weighted by atomic mass is 10.0. The van der Waals surface area contributed by atoms with Crippen LogP contribution in [-0.4, -0.2) is 18.9 Å². The molecule has 0 saturated carbocycles. The van der Waals surface area contributed by atoms with E-state index in [0.717, 1.165) is 12.0 Å². The Morgan fingerprint density at radius 3 is 2.26 bits per heavy atom. The monoisotopic (exact) mass is 432 g/mol. The number of nitrogens with one attached hydrogen (secondary N) is 1. The highest BCUT2D eigenvalue weighted by Crippen LogP contribution is 2.35. The Kier molecular flexibility index (Phi) is 5.78. The van der Waals surface area contributed by atoms with Gasteiger partial charge in [-0.25, -0.2) is 4.90 Å². The number of anilines is 2. The second-order valence-corrected chi connectivity index (χ2v) is 7.46. The van der Waals surface area contributed by atoms with E-state index in [2.05, 4.69) is 12.2 Å². The van der Waals surface area contributed by atoms with Gasteiger partial charge >= 0.3 is 0 Å². The summed E-state index contributed by atoms with van der Waals surface area (Å²) in [6.45, 7) is 2.05. The average molecular weight is 433 g/mol. The van der Waals surface area contributed by atoms with Crippen LogP contribution in [0.5, 0.6) is 5.75 Å². The fraction of sp³-hybridized carbons (Fsp3) is 0.120. The number of ether oxygens (including phenoxy) is 1. The maximum Gasteiger partial charge on any atom is 0.282 e. The third-order valence-corrected chi connectivity index (χ3v) is 5.47. The Labute approximate surface area is 185 Å². The molecular formula is C25H21ClN2O3. The molecule has 3 aromatic rings. The molecule has 0 radical (unpaired) electrons. The molecule has 0 aromatic heterocycles. The number of halogens is 1. The van der Waals surface area contributed by atoms with Crippen LogP contribution in [0.15, 0.2) is 78.5 Å². The normalized spacial score (nSPS) is 13.7. The van der Waals surface area contributed by atoms with Crippen molar-refractivity contribution in [1.29, 1.82) is 0 Å². The molecule has 4 rings (SSSR count). The van der Waals surface area contributed by atoms with Crippen LogP contribution < -0.4 is 15.0 Å². The summed E-state index contributed by atoms with van der Waals surface area (Å²) in [4.78, 5) is 28.0. The van der Waals surface area contributed by atoms with Gasteiger partial charge < -0.3 is 10.1 Å². The number of imide groups is 1. The van der Waals surface area contributed by atoms with Crippen LogP contribution in [0, 0.1) is 0 Å². The van der Waals surface area contributed by atoms with Crippen molar-refractivity contribution >= 4 is 40.4 Å². The lowest BCUT2D eigenvalue weighted by Gasteiger charge is -2.16. The smallest absolute Gasteiger partial charge is 0.282 e. The third-order valence-electron chi connectivity index (χ3n) is 5.17. The fourth-order valence-corrected chi connectivity index (χ4v) is 3.78. The SMILES string of the molecule is CCc1ccc(N2C(=O)C(Nc3ccc(OC)c(Cl)c3)=C(c3ccccc3)C2=O)cc1. The van der Waals surface area contributed by atoms with Crippen LogP contribution >= 0.6 is 11.6 Å². The molecule has 1 aliphatic rings. The minimum atomic E-state index is -0.417. The highest BCUT2D eigenvalue weighted by Gasteiger charge is 2.40. The summed E-state index contributed by atoms with van der Waals surface area (Å²) in [5.41, 5.74) is 3.43. The average Bonchev–Trinajstić information content (AvgIpc) is 3.04. The second-order valence-electron chi connectivity index (χ2n) is 7.06. The second kappa shape index (κ2) is 8.66. The maximum absolute atomic E-state index is 13.4. The zero-order valence-electron chi connectivity index (χ0n) is 17.2.